The molecule has 0 saturated heterocycles. The van der Waals surface area contributed by atoms with Crippen LogP contribution in [0.15, 0.2) is 18.2 Å². The van der Waals surface area contributed by atoms with E-state index in [1.54, 1.807) is 0 Å². The van der Waals surface area contributed by atoms with Gasteiger partial charge >= 0.3 is 0 Å². The number of nitrogen functional groups attached to an aromatic ring is 1. The molecular formula is C17H23N3O. The summed E-state index contributed by atoms with van der Waals surface area (Å²) in [7, 11) is 0. The first-order chi connectivity index (χ1) is 9.90. The smallest absolute Gasteiger partial charge is 0.294 e. The van der Waals surface area contributed by atoms with Crippen LogP contribution in [0.1, 0.15) is 40.0 Å². The molecule has 1 aromatic heterocycles. The zero-order chi connectivity index (χ0) is 14.8. The Balaban J connectivity index is 1.64. The average Bonchev–Trinajstić information content (AvgIpc) is 2.96. The number of hydrogen-bond donors (Lipinski definition) is 2. The van der Waals surface area contributed by atoms with E-state index >= 15 is 0 Å². The van der Waals surface area contributed by atoms with Crippen molar-refractivity contribution in [2.75, 3.05) is 5.73 Å². The highest BCUT2D eigenvalue weighted by atomic mass is 16.5. The van der Waals surface area contributed by atoms with Crippen molar-refractivity contribution in [1.29, 1.82) is 0 Å². The molecule has 2 aliphatic rings. The number of fused-ring (bicyclic) bond motifs is 3. The maximum absolute atomic E-state index is 6.27. The number of anilines is 1. The van der Waals surface area contributed by atoms with Crippen LogP contribution < -0.4 is 10.5 Å². The fourth-order valence-electron chi connectivity index (χ4n) is 4.50. The van der Waals surface area contributed by atoms with Crippen molar-refractivity contribution < 1.29 is 4.74 Å². The van der Waals surface area contributed by atoms with E-state index in [9.17, 15) is 0 Å². The third kappa shape index (κ3) is 1.65. The monoisotopic (exact) mass is 285 g/mol. The van der Waals surface area contributed by atoms with Crippen molar-refractivity contribution in [3.8, 4) is 6.01 Å². The SMILES string of the molecule is CC1(C)C2CCC1(C)C(Oc1nc3ccc(N)cc3[nH]1)C2. The number of aromatic nitrogens is 2. The van der Waals surface area contributed by atoms with Gasteiger partial charge in [-0.15, -0.1) is 0 Å². The van der Waals surface area contributed by atoms with E-state index in [-0.39, 0.29) is 11.5 Å². The number of nitrogens with zero attached hydrogens (tertiary/aromatic N) is 1. The molecule has 1 heterocycles. The van der Waals surface area contributed by atoms with Gasteiger partial charge in [0.15, 0.2) is 0 Å². The standard InChI is InChI=1S/C17H23N3O/c1-16(2)10-6-7-17(16,3)14(8-10)21-15-19-12-5-4-11(18)9-13(12)20-15/h4-5,9-10,14H,6-8,18H2,1-3H3,(H,19,20). The van der Waals surface area contributed by atoms with Crippen LogP contribution in [0.25, 0.3) is 11.0 Å². The van der Waals surface area contributed by atoms with Crippen molar-refractivity contribution in [3.63, 3.8) is 0 Å². The van der Waals surface area contributed by atoms with Gasteiger partial charge in [-0.2, -0.15) is 4.98 Å². The molecule has 0 spiro atoms. The molecule has 21 heavy (non-hydrogen) atoms. The summed E-state index contributed by atoms with van der Waals surface area (Å²) in [5, 5.41) is 0. The highest BCUT2D eigenvalue weighted by Gasteiger charge is 2.62. The molecule has 4 rings (SSSR count). The van der Waals surface area contributed by atoms with Gasteiger partial charge in [0.2, 0.25) is 0 Å². The van der Waals surface area contributed by atoms with Gasteiger partial charge in [-0.1, -0.05) is 20.8 Å². The normalized spacial score (nSPS) is 33.7. The van der Waals surface area contributed by atoms with Gasteiger partial charge < -0.3 is 15.5 Å². The van der Waals surface area contributed by atoms with Crippen molar-refractivity contribution in [3.05, 3.63) is 18.2 Å². The Hall–Kier alpha value is -1.71. The second kappa shape index (κ2) is 3.93. The molecule has 3 unspecified atom stereocenters. The van der Waals surface area contributed by atoms with Gasteiger partial charge in [0.1, 0.15) is 6.10 Å². The first kappa shape index (κ1) is 13.0. The molecule has 112 valence electrons. The van der Waals surface area contributed by atoms with Crippen LogP contribution in [0.5, 0.6) is 6.01 Å². The minimum atomic E-state index is 0.246. The molecule has 2 aliphatic carbocycles. The molecule has 0 aliphatic heterocycles. The highest BCUT2D eigenvalue weighted by Crippen LogP contribution is 2.66. The maximum atomic E-state index is 6.27. The summed E-state index contributed by atoms with van der Waals surface area (Å²) in [6, 6.07) is 6.34. The lowest BCUT2D eigenvalue weighted by atomic mass is 9.70. The van der Waals surface area contributed by atoms with Gasteiger partial charge in [0.05, 0.1) is 11.0 Å². The summed E-state index contributed by atoms with van der Waals surface area (Å²) in [6.07, 6.45) is 3.98. The molecule has 3 N–H and O–H groups in total. The van der Waals surface area contributed by atoms with E-state index in [2.05, 4.69) is 30.7 Å². The Labute approximate surface area is 125 Å². The minimum Gasteiger partial charge on any atom is -0.461 e. The molecule has 4 nitrogen and oxygen atoms in total. The fourth-order valence-corrected chi connectivity index (χ4v) is 4.50. The number of nitrogens with one attached hydrogen (secondary N) is 1. The molecule has 2 saturated carbocycles. The molecule has 0 radical (unpaired) electrons. The van der Waals surface area contributed by atoms with Crippen LogP contribution in [0.3, 0.4) is 0 Å². The molecule has 4 heteroatoms. The van der Waals surface area contributed by atoms with E-state index in [1.807, 2.05) is 18.2 Å². The van der Waals surface area contributed by atoms with Crippen molar-refractivity contribution in [2.45, 2.75) is 46.1 Å². The Kier molecular flexibility index (Phi) is 2.43. The first-order valence-corrected chi connectivity index (χ1v) is 7.82. The summed E-state index contributed by atoms with van der Waals surface area (Å²) >= 11 is 0. The molecular weight excluding hydrogens is 262 g/mol. The zero-order valence-electron chi connectivity index (χ0n) is 12.9. The third-order valence-corrected chi connectivity index (χ3v) is 6.45. The molecule has 2 fully saturated rings. The minimum absolute atomic E-state index is 0.246. The van der Waals surface area contributed by atoms with Gasteiger partial charge in [-0.3, -0.25) is 0 Å². The Morgan fingerprint density at radius 3 is 2.81 bits per heavy atom. The molecule has 2 aromatic rings. The quantitative estimate of drug-likeness (QED) is 0.826. The first-order valence-electron chi connectivity index (χ1n) is 7.82. The summed E-state index contributed by atoms with van der Waals surface area (Å²) in [5.74, 6) is 0.771. The number of H-pyrrole nitrogens is 1. The lowest BCUT2D eigenvalue weighted by Crippen LogP contribution is -2.39. The Bertz CT molecular complexity index is 705. The number of hydrogen-bond acceptors (Lipinski definition) is 3. The topological polar surface area (TPSA) is 63.9 Å². The summed E-state index contributed by atoms with van der Waals surface area (Å²) in [5.41, 5.74) is 9.01. The van der Waals surface area contributed by atoms with Crippen molar-refractivity contribution >= 4 is 16.7 Å². The van der Waals surface area contributed by atoms with Gasteiger partial charge in [-0.25, -0.2) is 0 Å². The van der Waals surface area contributed by atoms with Crippen LogP contribution in [0, 0.1) is 16.7 Å². The van der Waals surface area contributed by atoms with E-state index in [0.29, 0.717) is 11.4 Å². The number of rotatable bonds is 2. The van der Waals surface area contributed by atoms with Crippen molar-refractivity contribution in [1.82, 2.24) is 9.97 Å². The van der Waals surface area contributed by atoms with E-state index in [4.69, 9.17) is 10.5 Å². The summed E-state index contributed by atoms with van der Waals surface area (Å²) in [6.45, 7) is 7.17. The van der Waals surface area contributed by atoms with Crippen molar-refractivity contribution in [2.24, 2.45) is 16.7 Å². The zero-order valence-corrected chi connectivity index (χ0v) is 12.9. The number of aromatic amines is 1. The van der Waals surface area contributed by atoms with E-state index < -0.39 is 0 Å². The van der Waals surface area contributed by atoms with E-state index in [0.717, 1.165) is 29.1 Å². The molecule has 3 atom stereocenters. The van der Waals surface area contributed by atoms with Gasteiger partial charge in [0, 0.05) is 11.1 Å². The lowest BCUT2D eigenvalue weighted by molar-refractivity contribution is 0.0250. The van der Waals surface area contributed by atoms with Crippen LogP contribution in [-0.4, -0.2) is 16.1 Å². The maximum Gasteiger partial charge on any atom is 0.294 e. The van der Waals surface area contributed by atoms with Crippen LogP contribution >= 0.6 is 0 Å². The third-order valence-electron chi connectivity index (χ3n) is 6.45. The number of nitrogens with two attached hydrogens (primary N) is 1. The van der Waals surface area contributed by atoms with Gasteiger partial charge in [-0.05, 0) is 48.8 Å². The molecule has 1 aromatic carbocycles. The summed E-state index contributed by atoms with van der Waals surface area (Å²) in [4.78, 5) is 7.80. The number of ether oxygens (including phenoxy) is 1. The van der Waals surface area contributed by atoms with E-state index in [1.165, 1.54) is 12.8 Å². The number of benzene rings is 1. The predicted octanol–water partition coefficient (Wildman–Crippen LogP) is 3.74. The molecule has 2 bridgehead atoms. The van der Waals surface area contributed by atoms with Crippen LogP contribution in [-0.2, 0) is 0 Å². The second-order valence-electron chi connectivity index (χ2n) is 7.54. The fraction of sp³-hybridized carbons (Fsp3) is 0.588. The highest BCUT2D eigenvalue weighted by molar-refractivity contribution is 5.79. The second-order valence-corrected chi connectivity index (χ2v) is 7.54. The Morgan fingerprint density at radius 1 is 1.33 bits per heavy atom. The average molecular weight is 285 g/mol. The largest absolute Gasteiger partial charge is 0.461 e. The lowest BCUT2D eigenvalue weighted by Gasteiger charge is -2.38. The molecule has 0 amide bonds. The summed E-state index contributed by atoms with van der Waals surface area (Å²) < 4.78 is 6.27. The van der Waals surface area contributed by atoms with Crippen LogP contribution in [0.4, 0.5) is 5.69 Å². The Morgan fingerprint density at radius 2 is 2.14 bits per heavy atom. The predicted molar refractivity (Wildman–Crippen MR) is 84.2 cm³/mol. The number of imidazole rings is 1. The van der Waals surface area contributed by atoms with Gasteiger partial charge in [0.25, 0.3) is 6.01 Å². The van der Waals surface area contributed by atoms with Crippen LogP contribution in [0.2, 0.25) is 0 Å².